The number of benzene rings is 1. The van der Waals surface area contributed by atoms with Crippen LogP contribution in [0.4, 0.5) is 0 Å². The van der Waals surface area contributed by atoms with Gasteiger partial charge in [-0.3, -0.25) is 0 Å². The summed E-state index contributed by atoms with van der Waals surface area (Å²) in [5.74, 6) is 0.626. The molecule has 4 heteroatoms. The third kappa shape index (κ3) is 3.64. The van der Waals surface area contributed by atoms with Crippen LogP contribution in [0.25, 0.3) is 0 Å². The molecule has 1 aromatic rings. The Morgan fingerprint density at radius 3 is 2.71 bits per heavy atom. The molecular formula is C20H26O3S. The van der Waals surface area contributed by atoms with Crippen LogP contribution in [0.15, 0.2) is 71.9 Å². The quantitative estimate of drug-likeness (QED) is 0.475. The largest absolute Gasteiger partial charge is 0.497 e. The van der Waals surface area contributed by atoms with E-state index in [-0.39, 0.29) is 0 Å². The van der Waals surface area contributed by atoms with Crippen molar-refractivity contribution in [2.24, 2.45) is 0 Å². The minimum absolute atomic E-state index is 0.374. The minimum atomic E-state index is -3.50. The topological polar surface area (TPSA) is 43.4 Å². The molecule has 0 fully saturated rings. The van der Waals surface area contributed by atoms with E-state index in [0.29, 0.717) is 30.1 Å². The molecular weight excluding hydrogens is 320 g/mol. The maximum absolute atomic E-state index is 13.4. The second kappa shape index (κ2) is 8.34. The summed E-state index contributed by atoms with van der Waals surface area (Å²) in [6, 6.07) is 8.73. The molecule has 1 aliphatic rings. The highest BCUT2D eigenvalue weighted by atomic mass is 32.2. The highest BCUT2D eigenvalue weighted by Gasteiger charge is 2.50. The molecule has 0 saturated heterocycles. The first-order valence-corrected chi connectivity index (χ1v) is 9.97. The first kappa shape index (κ1) is 18.5. The van der Waals surface area contributed by atoms with Gasteiger partial charge in [0.15, 0.2) is 9.84 Å². The number of unbranched alkanes of at least 4 members (excludes halogenated alkanes) is 1. The van der Waals surface area contributed by atoms with Gasteiger partial charge in [-0.25, -0.2) is 8.42 Å². The van der Waals surface area contributed by atoms with Crippen LogP contribution >= 0.6 is 0 Å². The lowest BCUT2D eigenvalue weighted by atomic mass is 9.98. The zero-order valence-electron chi connectivity index (χ0n) is 14.3. The summed E-state index contributed by atoms with van der Waals surface area (Å²) in [4.78, 5) is 0.374. The summed E-state index contributed by atoms with van der Waals surface area (Å²) in [5, 5.41) is 0. The third-order valence-electron chi connectivity index (χ3n) is 4.42. The van der Waals surface area contributed by atoms with E-state index in [0.717, 1.165) is 19.3 Å². The summed E-state index contributed by atoms with van der Waals surface area (Å²) >= 11 is 0. The van der Waals surface area contributed by atoms with Gasteiger partial charge in [-0.2, -0.15) is 0 Å². The third-order valence-corrected chi connectivity index (χ3v) is 6.95. The van der Waals surface area contributed by atoms with Crippen molar-refractivity contribution >= 4 is 9.84 Å². The normalized spacial score (nSPS) is 21.0. The molecule has 1 aliphatic carbocycles. The average molecular weight is 346 g/mol. The molecule has 130 valence electrons. The lowest BCUT2D eigenvalue weighted by Crippen LogP contribution is -2.39. The fraction of sp³-hybridized carbons (Fsp3) is 0.400. The zero-order valence-corrected chi connectivity index (χ0v) is 15.1. The molecule has 0 aliphatic heterocycles. The Labute approximate surface area is 145 Å². The smallest absolute Gasteiger partial charge is 0.191 e. The van der Waals surface area contributed by atoms with Gasteiger partial charge in [0.2, 0.25) is 0 Å². The van der Waals surface area contributed by atoms with Crippen LogP contribution in [0.5, 0.6) is 0 Å². The maximum atomic E-state index is 13.4. The molecule has 1 aromatic carbocycles. The van der Waals surface area contributed by atoms with Gasteiger partial charge in [0, 0.05) is 0 Å². The van der Waals surface area contributed by atoms with Crippen LogP contribution < -0.4 is 0 Å². The van der Waals surface area contributed by atoms with Crippen LogP contribution in [0.1, 0.15) is 39.0 Å². The summed E-state index contributed by atoms with van der Waals surface area (Å²) < 4.78 is 31.6. The van der Waals surface area contributed by atoms with Gasteiger partial charge in [0.05, 0.1) is 11.5 Å². The highest BCUT2D eigenvalue weighted by Crippen LogP contribution is 2.45. The fourth-order valence-corrected chi connectivity index (χ4v) is 5.44. The molecule has 3 nitrogen and oxygen atoms in total. The van der Waals surface area contributed by atoms with Crippen LogP contribution in [0.2, 0.25) is 0 Å². The number of sulfone groups is 1. The van der Waals surface area contributed by atoms with Crippen molar-refractivity contribution in [3.63, 3.8) is 0 Å². The van der Waals surface area contributed by atoms with E-state index >= 15 is 0 Å². The second-order valence-corrected chi connectivity index (χ2v) is 8.17. The van der Waals surface area contributed by atoms with Crippen molar-refractivity contribution in [1.82, 2.24) is 0 Å². The summed E-state index contributed by atoms with van der Waals surface area (Å²) in [5.41, 5.74) is 0. The van der Waals surface area contributed by atoms with E-state index in [1.807, 2.05) is 31.2 Å². The molecule has 0 N–H and O–H groups in total. The van der Waals surface area contributed by atoms with E-state index in [2.05, 4.69) is 6.58 Å². The molecule has 0 heterocycles. The van der Waals surface area contributed by atoms with E-state index in [1.165, 1.54) is 0 Å². The van der Waals surface area contributed by atoms with Crippen LogP contribution in [0, 0.1) is 0 Å². The average Bonchev–Trinajstić information content (AvgIpc) is 3.00. The standard InChI is InChI=1S/C20H26O3S/c1-3-5-6-7-11-16-20(17-12-15-19(20)23-4-2)24(21,22)18-13-9-8-10-14-18/h3,5-6,8-10,13-15H,1,4,7,11-12,16-17H2,2H3/b6-5+. The Kier molecular flexibility index (Phi) is 6.44. The van der Waals surface area contributed by atoms with Crippen LogP contribution in [-0.4, -0.2) is 19.8 Å². The molecule has 0 saturated carbocycles. The van der Waals surface area contributed by atoms with E-state index in [9.17, 15) is 8.42 Å². The van der Waals surface area contributed by atoms with Crippen molar-refractivity contribution < 1.29 is 13.2 Å². The van der Waals surface area contributed by atoms with Crippen LogP contribution in [0.3, 0.4) is 0 Å². The molecule has 0 radical (unpaired) electrons. The minimum Gasteiger partial charge on any atom is -0.497 e. The van der Waals surface area contributed by atoms with Gasteiger partial charge in [-0.05, 0) is 57.2 Å². The Hall–Kier alpha value is -1.81. The predicted molar refractivity (Wildman–Crippen MR) is 98.5 cm³/mol. The molecule has 24 heavy (non-hydrogen) atoms. The van der Waals surface area contributed by atoms with Crippen molar-refractivity contribution in [2.75, 3.05) is 6.61 Å². The Bertz CT molecular complexity index is 702. The first-order chi connectivity index (χ1) is 11.6. The maximum Gasteiger partial charge on any atom is 0.191 e. The van der Waals surface area contributed by atoms with Gasteiger partial charge in [0.25, 0.3) is 0 Å². The van der Waals surface area contributed by atoms with Gasteiger partial charge in [-0.15, -0.1) is 0 Å². The fourth-order valence-electron chi connectivity index (χ4n) is 3.26. The van der Waals surface area contributed by atoms with E-state index in [1.54, 1.807) is 30.3 Å². The summed E-state index contributed by atoms with van der Waals surface area (Å²) in [7, 11) is -3.50. The van der Waals surface area contributed by atoms with Gasteiger partial charge in [0.1, 0.15) is 10.5 Å². The predicted octanol–water partition coefficient (Wildman–Crippen LogP) is 4.83. The Morgan fingerprint density at radius 2 is 2.04 bits per heavy atom. The lowest BCUT2D eigenvalue weighted by molar-refractivity contribution is 0.198. The summed E-state index contributed by atoms with van der Waals surface area (Å²) in [6.07, 6.45) is 11.1. The van der Waals surface area contributed by atoms with E-state index < -0.39 is 14.6 Å². The van der Waals surface area contributed by atoms with Crippen molar-refractivity contribution in [1.29, 1.82) is 0 Å². The van der Waals surface area contributed by atoms with Crippen LogP contribution in [-0.2, 0) is 14.6 Å². The van der Waals surface area contributed by atoms with Gasteiger partial charge in [-0.1, -0.05) is 43.0 Å². The number of hydrogen-bond acceptors (Lipinski definition) is 3. The number of allylic oxidation sites excluding steroid dienone is 4. The molecule has 1 atom stereocenters. The van der Waals surface area contributed by atoms with Crippen molar-refractivity contribution in [2.45, 2.75) is 48.7 Å². The SMILES string of the molecule is C=C/C=C/CCCC1(S(=O)(=O)c2ccccc2)CCC=C1OCC. The second-order valence-electron chi connectivity index (χ2n) is 5.91. The lowest BCUT2D eigenvalue weighted by Gasteiger charge is -2.31. The molecule has 0 aromatic heterocycles. The first-order valence-electron chi connectivity index (χ1n) is 8.49. The molecule has 1 unspecified atom stereocenters. The zero-order chi connectivity index (χ0) is 17.5. The van der Waals surface area contributed by atoms with E-state index in [4.69, 9.17) is 4.74 Å². The molecule has 0 amide bonds. The highest BCUT2D eigenvalue weighted by molar-refractivity contribution is 7.93. The Morgan fingerprint density at radius 1 is 1.29 bits per heavy atom. The van der Waals surface area contributed by atoms with Crippen molar-refractivity contribution in [3.8, 4) is 0 Å². The monoisotopic (exact) mass is 346 g/mol. The molecule has 0 spiro atoms. The number of ether oxygens (including phenoxy) is 1. The molecule has 2 rings (SSSR count). The van der Waals surface area contributed by atoms with Gasteiger partial charge >= 0.3 is 0 Å². The number of rotatable bonds is 9. The van der Waals surface area contributed by atoms with Gasteiger partial charge < -0.3 is 4.74 Å². The summed E-state index contributed by atoms with van der Waals surface area (Å²) in [6.45, 7) is 6.03. The Balaban J connectivity index is 2.35. The molecule has 0 bridgehead atoms. The van der Waals surface area contributed by atoms with Crippen molar-refractivity contribution in [3.05, 3.63) is 67.0 Å². The number of hydrogen-bond donors (Lipinski definition) is 0.